The van der Waals surface area contributed by atoms with E-state index >= 15 is 0 Å². The minimum atomic E-state index is -1.10. The molecular weight excluding hydrogens is 361 g/mol. The molecule has 1 aliphatic carbocycles. The fourth-order valence-electron chi connectivity index (χ4n) is 4.42. The van der Waals surface area contributed by atoms with Crippen molar-refractivity contribution in [1.29, 1.82) is 0 Å². The molecule has 0 aliphatic heterocycles. The van der Waals surface area contributed by atoms with Crippen molar-refractivity contribution < 1.29 is 17.9 Å². The summed E-state index contributed by atoms with van der Waals surface area (Å²) in [5.74, 6) is -1.29. The van der Waals surface area contributed by atoms with Crippen molar-refractivity contribution in [3.8, 4) is 16.9 Å². The molecule has 4 heteroatoms. The predicted molar refractivity (Wildman–Crippen MR) is 107 cm³/mol. The van der Waals surface area contributed by atoms with E-state index in [1.807, 2.05) is 6.07 Å². The molecule has 0 bridgehead atoms. The van der Waals surface area contributed by atoms with Gasteiger partial charge >= 0.3 is 0 Å². The Morgan fingerprint density at radius 2 is 1.50 bits per heavy atom. The van der Waals surface area contributed by atoms with Crippen LogP contribution in [-0.4, -0.2) is 7.11 Å². The molecule has 0 heterocycles. The fraction of sp³-hybridized carbons (Fsp3) is 0.500. The number of rotatable bonds is 7. The van der Waals surface area contributed by atoms with Crippen LogP contribution in [0.5, 0.6) is 5.75 Å². The van der Waals surface area contributed by atoms with Crippen LogP contribution in [0.4, 0.5) is 13.2 Å². The molecular formula is C24H29F3O. The molecule has 28 heavy (non-hydrogen) atoms. The van der Waals surface area contributed by atoms with Gasteiger partial charge in [-0.3, -0.25) is 0 Å². The van der Waals surface area contributed by atoms with Gasteiger partial charge in [-0.15, -0.1) is 0 Å². The predicted octanol–water partition coefficient (Wildman–Crippen LogP) is 7.32. The Morgan fingerprint density at radius 3 is 2.11 bits per heavy atom. The lowest BCUT2D eigenvalue weighted by Crippen LogP contribution is -2.15. The highest BCUT2D eigenvalue weighted by molar-refractivity contribution is 5.66. The van der Waals surface area contributed by atoms with Crippen molar-refractivity contribution in [3.63, 3.8) is 0 Å². The van der Waals surface area contributed by atoms with E-state index < -0.39 is 17.5 Å². The highest BCUT2D eigenvalue weighted by Gasteiger charge is 2.21. The van der Waals surface area contributed by atoms with Gasteiger partial charge in [0.05, 0.1) is 7.11 Å². The van der Waals surface area contributed by atoms with Gasteiger partial charge in [0.25, 0.3) is 0 Å². The van der Waals surface area contributed by atoms with Gasteiger partial charge in [0.15, 0.2) is 11.6 Å². The fourth-order valence-corrected chi connectivity index (χ4v) is 4.42. The number of methoxy groups -OCH3 is 1. The maximum absolute atomic E-state index is 14.6. The Bertz CT molecular complexity index is 795. The first-order chi connectivity index (χ1) is 13.5. The monoisotopic (exact) mass is 390 g/mol. The molecule has 1 nitrogen and oxygen atoms in total. The molecule has 1 aliphatic rings. The Labute approximate surface area is 165 Å². The van der Waals surface area contributed by atoms with Gasteiger partial charge in [0, 0.05) is 11.1 Å². The van der Waals surface area contributed by atoms with E-state index in [4.69, 9.17) is 4.74 Å². The van der Waals surface area contributed by atoms with Gasteiger partial charge < -0.3 is 4.74 Å². The number of aryl methyl sites for hydroxylation is 1. The van der Waals surface area contributed by atoms with Crippen molar-refractivity contribution >= 4 is 0 Å². The zero-order valence-electron chi connectivity index (χ0n) is 16.7. The topological polar surface area (TPSA) is 9.23 Å². The van der Waals surface area contributed by atoms with Crippen LogP contribution in [0.2, 0.25) is 0 Å². The average molecular weight is 390 g/mol. The third-order valence-electron chi connectivity index (χ3n) is 6.09. The molecule has 0 radical (unpaired) electrons. The van der Waals surface area contributed by atoms with Gasteiger partial charge in [-0.25, -0.2) is 8.78 Å². The van der Waals surface area contributed by atoms with Crippen LogP contribution in [-0.2, 0) is 6.42 Å². The van der Waals surface area contributed by atoms with Crippen LogP contribution in [0.3, 0.4) is 0 Å². The quantitative estimate of drug-likeness (QED) is 0.481. The molecule has 0 saturated heterocycles. The highest BCUT2D eigenvalue weighted by atomic mass is 19.2. The maximum Gasteiger partial charge on any atom is 0.201 e. The third-order valence-corrected chi connectivity index (χ3v) is 6.09. The first-order valence-corrected chi connectivity index (χ1v) is 10.3. The second kappa shape index (κ2) is 9.49. The maximum atomic E-state index is 14.6. The highest BCUT2D eigenvalue weighted by Crippen LogP contribution is 2.35. The minimum Gasteiger partial charge on any atom is -0.494 e. The molecule has 1 fully saturated rings. The zero-order chi connectivity index (χ0) is 20.1. The van der Waals surface area contributed by atoms with Crippen LogP contribution in [0.1, 0.15) is 57.4 Å². The van der Waals surface area contributed by atoms with Gasteiger partial charge in [0.2, 0.25) is 5.82 Å². The van der Waals surface area contributed by atoms with E-state index in [0.29, 0.717) is 5.92 Å². The smallest absolute Gasteiger partial charge is 0.201 e. The molecule has 3 rings (SSSR count). The lowest BCUT2D eigenvalue weighted by atomic mass is 9.78. The SMILES string of the molecule is CCCC1CCC(CCc2ccc(-c3ccc(OC)c(F)c3F)c(F)c2)CC1. The Morgan fingerprint density at radius 1 is 0.857 bits per heavy atom. The lowest BCUT2D eigenvalue weighted by Gasteiger charge is -2.28. The number of hydrogen-bond acceptors (Lipinski definition) is 1. The normalized spacial score (nSPS) is 19.6. The van der Waals surface area contributed by atoms with Crippen LogP contribution < -0.4 is 4.74 Å². The summed E-state index contributed by atoms with van der Waals surface area (Å²) in [6.45, 7) is 2.25. The van der Waals surface area contributed by atoms with E-state index in [2.05, 4.69) is 6.92 Å². The molecule has 0 spiro atoms. The van der Waals surface area contributed by atoms with Crippen LogP contribution in [0.25, 0.3) is 11.1 Å². The number of hydrogen-bond donors (Lipinski definition) is 0. The van der Waals surface area contributed by atoms with Crippen molar-refractivity contribution in [2.24, 2.45) is 11.8 Å². The third kappa shape index (κ3) is 4.71. The summed E-state index contributed by atoms with van der Waals surface area (Å²) in [5, 5.41) is 0. The summed E-state index contributed by atoms with van der Waals surface area (Å²) < 4.78 is 47.6. The van der Waals surface area contributed by atoms with Crippen molar-refractivity contribution in [2.75, 3.05) is 7.11 Å². The second-order valence-electron chi connectivity index (χ2n) is 7.97. The summed E-state index contributed by atoms with van der Waals surface area (Å²) in [6, 6.07) is 7.50. The zero-order valence-corrected chi connectivity index (χ0v) is 16.7. The van der Waals surface area contributed by atoms with Gasteiger partial charge in [-0.05, 0) is 48.4 Å². The van der Waals surface area contributed by atoms with E-state index in [0.717, 1.165) is 24.3 Å². The molecule has 0 atom stereocenters. The average Bonchev–Trinajstić information content (AvgIpc) is 2.70. The number of halogens is 3. The summed E-state index contributed by atoms with van der Waals surface area (Å²) in [5.41, 5.74) is 0.894. The van der Waals surface area contributed by atoms with Crippen LogP contribution in [0.15, 0.2) is 30.3 Å². The van der Waals surface area contributed by atoms with E-state index in [-0.39, 0.29) is 16.9 Å². The van der Waals surface area contributed by atoms with Gasteiger partial charge in [0.1, 0.15) is 5.82 Å². The van der Waals surface area contributed by atoms with Crippen molar-refractivity contribution in [3.05, 3.63) is 53.3 Å². The summed E-state index contributed by atoms with van der Waals surface area (Å²) in [6.07, 6.45) is 9.63. The second-order valence-corrected chi connectivity index (χ2v) is 7.97. The first-order valence-electron chi connectivity index (χ1n) is 10.3. The Kier molecular flexibility index (Phi) is 7.03. The molecule has 152 valence electrons. The molecule has 1 saturated carbocycles. The summed E-state index contributed by atoms with van der Waals surface area (Å²) in [7, 11) is 1.27. The molecule has 0 amide bonds. The van der Waals surface area contributed by atoms with Crippen LogP contribution in [0, 0.1) is 29.3 Å². The summed E-state index contributed by atoms with van der Waals surface area (Å²) >= 11 is 0. The Hall–Kier alpha value is -1.97. The first kappa shape index (κ1) is 20.8. The van der Waals surface area contributed by atoms with Gasteiger partial charge in [-0.1, -0.05) is 57.6 Å². The van der Waals surface area contributed by atoms with E-state index in [1.54, 1.807) is 6.07 Å². The molecule has 2 aromatic rings. The molecule has 0 N–H and O–H groups in total. The molecule has 0 aromatic heterocycles. The van der Waals surface area contributed by atoms with E-state index in [9.17, 15) is 13.2 Å². The van der Waals surface area contributed by atoms with Crippen molar-refractivity contribution in [1.82, 2.24) is 0 Å². The molecule has 2 aromatic carbocycles. The largest absolute Gasteiger partial charge is 0.494 e. The number of benzene rings is 2. The minimum absolute atomic E-state index is 0.0721. The van der Waals surface area contributed by atoms with E-state index in [1.165, 1.54) is 63.8 Å². The lowest BCUT2D eigenvalue weighted by molar-refractivity contribution is 0.252. The van der Waals surface area contributed by atoms with Crippen LogP contribution >= 0.6 is 0 Å². The summed E-state index contributed by atoms with van der Waals surface area (Å²) in [4.78, 5) is 0. The Balaban J connectivity index is 1.64. The number of ether oxygens (including phenoxy) is 1. The molecule has 0 unspecified atom stereocenters. The van der Waals surface area contributed by atoms with Gasteiger partial charge in [-0.2, -0.15) is 4.39 Å². The standard InChI is InChI=1S/C24H29F3O/c1-3-4-16-5-7-17(8-6-16)9-10-18-11-12-19(21(25)15-18)20-13-14-22(28-2)24(27)23(20)26/h11-17H,3-10H2,1-2H3. The van der Waals surface area contributed by atoms with Crippen molar-refractivity contribution in [2.45, 2.75) is 58.3 Å².